The van der Waals surface area contributed by atoms with Crippen molar-refractivity contribution >= 4 is 16.0 Å². The maximum absolute atomic E-state index is 11.6. The monoisotopic (exact) mass is 279 g/mol. The van der Waals surface area contributed by atoms with Gasteiger partial charge in [-0.25, -0.2) is 13.1 Å². The normalized spacial score (nSPS) is 19.4. The molecule has 0 amide bonds. The van der Waals surface area contributed by atoms with Crippen molar-refractivity contribution in [3.8, 4) is 0 Å². The molecule has 6 nitrogen and oxygen atoms in total. The first-order valence-corrected chi connectivity index (χ1v) is 7.79. The Labute approximate surface area is 108 Å². The van der Waals surface area contributed by atoms with Gasteiger partial charge in [-0.05, 0) is 12.8 Å². The average Bonchev–Trinajstić information content (AvgIpc) is 2.35. The molecule has 1 rings (SSSR count). The molecule has 0 heterocycles. The van der Waals surface area contributed by atoms with Gasteiger partial charge in [0.25, 0.3) is 0 Å². The second kappa shape index (κ2) is 6.49. The van der Waals surface area contributed by atoms with Gasteiger partial charge in [0.15, 0.2) is 0 Å². The number of carbonyl (C=O) groups excluding carboxylic acids is 1. The molecule has 0 aromatic carbocycles. The van der Waals surface area contributed by atoms with Gasteiger partial charge in [-0.15, -0.1) is 0 Å². The van der Waals surface area contributed by atoms with Crippen LogP contribution in [0.15, 0.2) is 0 Å². The van der Waals surface area contributed by atoms with Crippen LogP contribution in [-0.2, 0) is 19.6 Å². The Morgan fingerprint density at radius 2 is 1.94 bits per heavy atom. The van der Waals surface area contributed by atoms with Crippen molar-refractivity contribution in [3.63, 3.8) is 0 Å². The van der Waals surface area contributed by atoms with E-state index in [0.717, 1.165) is 19.3 Å². The summed E-state index contributed by atoms with van der Waals surface area (Å²) in [4.78, 5) is 10.9. The van der Waals surface area contributed by atoms with Crippen LogP contribution >= 0.6 is 0 Å². The Morgan fingerprint density at radius 1 is 1.33 bits per heavy atom. The van der Waals surface area contributed by atoms with E-state index in [9.17, 15) is 18.3 Å². The number of esters is 1. The molecular weight excluding hydrogens is 258 g/mol. The number of rotatable bonds is 6. The standard InChI is InChI=1S/C11H21NO5S/c1-17-10(13)5-8-18(15,16)12-9-11(14)6-3-2-4-7-11/h12,14H,2-9H2,1H3. The van der Waals surface area contributed by atoms with E-state index in [0.29, 0.717) is 12.8 Å². The molecule has 0 spiro atoms. The zero-order valence-corrected chi connectivity index (χ0v) is 11.5. The SMILES string of the molecule is COC(=O)CCS(=O)(=O)NCC1(O)CCCCC1. The second-order valence-corrected chi connectivity index (χ2v) is 6.68. The number of nitrogens with one attached hydrogen (secondary N) is 1. The molecule has 18 heavy (non-hydrogen) atoms. The lowest BCUT2D eigenvalue weighted by molar-refractivity contribution is -0.140. The third kappa shape index (κ3) is 5.32. The smallest absolute Gasteiger partial charge is 0.306 e. The van der Waals surface area contributed by atoms with E-state index in [1.807, 2.05) is 0 Å². The molecule has 0 unspecified atom stereocenters. The fourth-order valence-corrected chi connectivity index (χ4v) is 3.09. The highest BCUT2D eigenvalue weighted by atomic mass is 32.2. The molecule has 1 fully saturated rings. The molecule has 0 aromatic rings. The van der Waals surface area contributed by atoms with E-state index >= 15 is 0 Å². The lowest BCUT2D eigenvalue weighted by Gasteiger charge is -2.31. The van der Waals surface area contributed by atoms with Crippen LogP contribution in [0.1, 0.15) is 38.5 Å². The van der Waals surface area contributed by atoms with E-state index in [1.54, 1.807) is 0 Å². The Hall–Kier alpha value is -0.660. The topological polar surface area (TPSA) is 92.7 Å². The zero-order chi connectivity index (χ0) is 13.6. The van der Waals surface area contributed by atoms with Gasteiger partial charge < -0.3 is 9.84 Å². The highest BCUT2D eigenvalue weighted by molar-refractivity contribution is 7.89. The number of hydrogen-bond donors (Lipinski definition) is 2. The van der Waals surface area contributed by atoms with Crippen LogP contribution in [0, 0.1) is 0 Å². The Balaban J connectivity index is 2.38. The molecule has 106 valence electrons. The molecule has 1 aliphatic rings. The molecular formula is C11H21NO5S. The van der Waals surface area contributed by atoms with Crippen LogP contribution in [0.5, 0.6) is 0 Å². The van der Waals surface area contributed by atoms with Crippen molar-refractivity contribution in [1.29, 1.82) is 0 Å². The molecule has 0 radical (unpaired) electrons. The number of ether oxygens (including phenoxy) is 1. The van der Waals surface area contributed by atoms with Gasteiger partial charge in [0, 0.05) is 6.54 Å². The van der Waals surface area contributed by atoms with Crippen LogP contribution in [0.25, 0.3) is 0 Å². The number of aliphatic hydroxyl groups is 1. The molecule has 0 aromatic heterocycles. The summed E-state index contributed by atoms with van der Waals surface area (Å²) >= 11 is 0. The number of methoxy groups -OCH3 is 1. The Kier molecular flexibility index (Phi) is 5.55. The average molecular weight is 279 g/mol. The maximum atomic E-state index is 11.6. The van der Waals surface area contributed by atoms with Gasteiger partial charge in [0.1, 0.15) is 0 Å². The molecule has 7 heteroatoms. The van der Waals surface area contributed by atoms with Crippen molar-refractivity contribution in [2.24, 2.45) is 0 Å². The van der Waals surface area contributed by atoms with Crippen LogP contribution in [0.3, 0.4) is 0 Å². The highest BCUT2D eigenvalue weighted by Crippen LogP contribution is 2.27. The number of carbonyl (C=O) groups is 1. The molecule has 0 atom stereocenters. The van der Waals surface area contributed by atoms with Gasteiger partial charge >= 0.3 is 5.97 Å². The van der Waals surface area contributed by atoms with Crippen LogP contribution in [0.4, 0.5) is 0 Å². The van der Waals surface area contributed by atoms with Gasteiger partial charge in [0.2, 0.25) is 10.0 Å². The van der Waals surface area contributed by atoms with Crippen LogP contribution in [-0.4, -0.2) is 44.5 Å². The van der Waals surface area contributed by atoms with Crippen molar-refractivity contribution in [2.75, 3.05) is 19.4 Å². The van der Waals surface area contributed by atoms with E-state index in [4.69, 9.17) is 0 Å². The van der Waals surface area contributed by atoms with E-state index in [2.05, 4.69) is 9.46 Å². The summed E-state index contributed by atoms with van der Waals surface area (Å²) in [5.41, 5.74) is -0.934. The lowest BCUT2D eigenvalue weighted by Crippen LogP contribution is -2.44. The van der Waals surface area contributed by atoms with E-state index in [1.165, 1.54) is 7.11 Å². The third-order valence-electron chi connectivity index (χ3n) is 3.21. The van der Waals surface area contributed by atoms with Crippen LogP contribution < -0.4 is 4.72 Å². The minimum atomic E-state index is -3.54. The van der Waals surface area contributed by atoms with Gasteiger partial charge in [-0.3, -0.25) is 4.79 Å². The van der Waals surface area contributed by atoms with Crippen molar-refractivity contribution in [1.82, 2.24) is 4.72 Å². The quantitative estimate of drug-likeness (QED) is 0.676. The Morgan fingerprint density at radius 3 is 2.50 bits per heavy atom. The largest absolute Gasteiger partial charge is 0.469 e. The molecule has 1 saturated carbocycles. The zero-order valence-electron chi connectivity index (χ0n) is 10.6. The second-order valence-electron chi connectivity index (χ2n) is 4.75. The van der Waals surface area contributed by atoms with Crippen molar-refractivity contribution in [3.05, 3.63) is 0 Å². The summed E-state index contributed by atoms with van der Waals surface area (Å²) in [6.07, 6.45) is 3.97. The summed E-state index contributed by atoms with van der Waals surface area (Å²) in [5.74, 6) is -0.868. The molecule has 2 N–H and O–H groups in total. The fraction of sp³-hybridized carbons (Fsp3) is 0.909. The Bertz CT molecular complexity index is 373. The van der Waals surface area contributed by atoms with Gasteiger partial charge in [-0.1, -0.05) is 19.3 Å². The maximum Gasteiger partial charge on any atom is 0.306 e. The first-order chi connectivity index (χ1) is 8.37. The summed E-state index contributed by atoms with van der Waals surface area (Å²) in [5, 5.41) is 10.1. The molecule has 0 aliphatic heterocycles. The van der Waals surface area contributed by atoms with E-state index < -0.39 is 21.6 Å². The predicted octanol–water partition coefficient (Wildman–Crippen LogP) is 0.164. The molecule has 0 saturated heterocycles. The minimum Gasteiger partial charge on any atom is -0.469 e. The first kappa shape index (κ1) is 15.4. The van der Waals surface area contributed by atoms with Crippen molar-refractivity contribution < 1.29 is 23.1 Å². The number of hydrogen-bond acceptors (Lipinski definition) is 5. The highest BCUT2D eigenvalue weighted by Gasteiger charge is 2.30. The van der Waals surface area contributed by atoms with Gasteiger partial charge in [0.05, 0.1) is 24.9 Å². The first-order valence-electron chi connectivity index (χ1n) is 6.13. The van der Waals surface area contributed by atoms with Crippen LogP contribution in [0.2, 0.25) is 0 Å². The van der Waals surface area contributed by atoms with E-state index in [-0.39, 0.29) is 18.7 Å². The van der Waals surface area contributed by atoms with Crippen molar-refractivity contribution in [2.45, 2.75) is 44.1 Å². The summed E-state index contributed by atoms with van der Waals surface area (Å²) < 4.78 is 30.0. The summed E-state index contributed by atoms with van der Waals surface area (Å²) in [6, 6.07) is 0. The minimum absolute atomic E-state index is 0.0243. The van der Waals surface area contributed by atoms with Gasteiger partial charge in [-0.2, -0.15) is 0 Å². The third-order valence-corrected chi connectivity index (χ3v) is 4.53. The molecule has 0 bridgehead atoms. The predicted molar refractivity (Wildman–Crippen MR) is 66.5 cm³/mol. The number of sulfonamides is 1. The fourth-order valence-electron chi connectivity index (χ4n) is 2.02. The summed E-state index contributed by atoms with van der Waals surface area (Å²) in [6.45, 7) is 0.0243. The lowest BCUT2D eigenvalue weighted by atomic mass is 9.85. The molecule has 1 aliphatic carbocycles. The summed E-state index contributed by atoms with van der Waals surface area (Å²) in [7, 11) is -2.32.